The minimum Gasteiger partial charge on any atom is -0.349 e. The number of rotatable bonds is 3. The zero-order valence-corrected chi connectivity index (χ0v) is 24.9. The highest BCUT2D eigenvalue weighted by Crippen LogP contribution is 2.39. The summed E-state index contributed by atoms with van der Waals surface area (Å²) in [6.45, 7) is 1.85. The molecule has 12 heteroatoms. The van der Waals surface area contributed by atoms with Crippen molar-refractivity contribution in [2.24, 2.45) is 13.0 Å². The molecule has 0 saturated carbocycles. The normalized spacial score (nSPS) is 21.0. The van der Waals surface area contributed by atoms with E-state index in [-0.39, 0.29) is 23.9 Å². The number of anilines is 1. The summed E-state index contributed by atoms with van der Waals surface area (Å²) in [6.07, 6.45) is 4.06. The zero-order valence-electron chi connectivity index (χ0n) is 23.4. The molecule has 222 valence electrons. The first-order chi connectivity index (χ1) is 20.6. The number of carbonyl (C=O) groups is 2. The number of nitrogens with one attached hydrogen (secondary N) is 1. The summed E-state index contributed by atoms with van der Waals surface area (Å²) >= 11 is 12.3. The van der Waals surface area contributed by atoms with Crippen molar-refractivity contribution in [3.63, 3.8) is 0 Å². The number of halogens is 4. The highest BCUT2D eigenvalue weighted by Gasteiger charge is 2.33. The second kappa shape index (κ2) is 11.6. The Morgan fingerprint density at radius 3 is 2.63 bits per heavy atom. The van der Waals surface area contributed by atoms with Gasteiger partial charge >= 0.3 is 0 Å². The molecule has 4 aromatic rings. The quantitative estimate of drug-likeness (QED) is 0.272. The van der Waals surface area contributed by atoms with Gasteiger partial charge in [0.05, 0.1) is 35.2 Å². The number of amides is 2. The van der Waals surface area contributed by atoms with E-state index in [1.54, 1.807) is 60.1 Å². The maximum absolute atomic E-state index is 15.4. The Kier molecular flexibility index (Phi) is 7.83. The number of aromatic nitrogens is 4. The third-order valence-corrected chi connectivity index (χ3v) is 8.58. The number of fused-ring (bicyclic) bond motifs is 4. The van der Waals surface area contributed by atoms with E-state index >= 15 is 8.78 Å². The van der Waals surface area contributed by atoms with E-state index < -0.39 is 29.9 Å². The number of hydrogen-bond donors (Lipinski definition) is 1. The number of carbonyl (C=O) groups excluding carboxylic acids is 2. The summed E-state index contributed by atoms with van der Waals surface area (Å²) in [7, 11) is 1.79. The molecule has 2 aromatic heterocycles. The van der Waals surface area contributed by atoms with Crippen LogP contribution in [0.15, 0.2) is 60.9 Å². The van der Waals surface area contributed by atoms with Gasteiger partial charge in [-0.1, -0.05) is 35.3 Å². The fourth-order valence-electron chi connectivity index (χ4n) is 5.92. The van der Waals surface area contributed by atoms with Crippen molar-refractivity contribution in [1.82, 2.24) is 24.5 Å². The van der Waals surface area contributed by atoms with Crippen LogP contribution < -0.4 is 5.32 Å². The van der Waals surface area contributed by atoms with Crippen LogP contribution in [-0.2, 0) is 16.6 Å². The summed E-state index contributed by atoms with van der Waals surface area (Å²) in [4.78, 5) is 28.4. The lowest BCUT2D eigenvalue weighted by Gasteiger charge is -2.36. The third kappa shape index (κ3) is 5.69. The zero-order chi connectivity index (χ0) is 30.4. The van der Waals surface area contributed by atoms with Crippen LogP contribution in [0.4, 0.5) is 14.5 Å². The number of benzene rings is 2. The fourth-order valence-corrected chi connectivity index (χ4v) is 6.21. The van der Waals surface area contributed by atoms with Crippen molar-refractivity contribution in [2.75, 3.05) is 11.9 Å². The summed E-state index contributed by atoms with van der Waals surface area (Å²) < 4.78 is 33.9. The molecule has 4 heterocycles. The molecule has 0 fully saturated rings. The van der Waals surface area contributed by atoms with Crippen molar-refractivity contribution in [3.8, 4) is 16.9 Å². The molecule has 1 unspecified atom stereocenters. The molecule has 2 aliphatic heterocycles. The Morgan fingerprint density at radius 1 is 1.07 bits per heavy atom. The Hall–Kier alpha value is -4.02. The molecular formula is C31H28Cl2F2N6O2. The molecule has 8 nitrogen and oxygen atoms in total. The maximum atomic E-state index is 15.4. The van der Waals surface area contributed by atoms with Crippen molar-refractivity contribution < 1.29 is 18.4 Å². The molecule has 2 amide bonds. The van der Waals surface area contributed by atoms with Gasteiger partial charge in [-0.15, -0.1) is 5.10 Å². The minimum atomic E-state index is -1.46. The van der Waals surface area contributed by atoms with Crippen LogP contribution in [-0.4, -0.2) is 49.0 Å². The molecule has 0 radical (unpaired) electrons. The van der Waals surface area contributed by atoms with E-state index in [9.17, 15) is 9.59 Å². The lowest BCUT2D eigenvalue weighted by molar-refractivity contribution is -0.129. The Morgan fingerprint density at radius 2 is 1.88 bits per heavy atom. The van der Waals surface area contributed by atoms with Crippen LogP contribution in [0.1, 0.15) is 43.4 Å². The van der Waals surface area contributed by atoms with Crippen LogP contribution in [0.25, 0.3) is 22.5 Å². The minimum absolute atomic E-state index is 0.0125. The molecule has 6 rings (SSSR count). The first kappa shape index (κ1) is 29.1. The van der Waals surface area contributed by atoms with Crippen molar-refractivity contribution in [2.45, 2.75) is 38.4 Å². The largest absolute Gasteiger partial charge is 0.349 e. The SMILES string of the molecule is C[C@H]1C(=O)Nc2ccn(C)c2-c2cc(F)cc(c2)[C@@H](N2CCC(c3cc(Cl)ccc3-n3cc(Cl)nn3)=CC2=O)CCC1F. The van der Waals surface area contributed by atoms with E-state index in [2.05, 4.69) is 15.6 Å². The summed E-state index contributed by atoms with van der Waals surface area (Å²) in [5.41, 5.74) is 4.25. The molecule has 1 N–H and O–H groups in total. The molecule has 2 bridgehead atoms. The fraction of sp³-hybridized carbons (Fsp3) is 0.290. The highest BCUT2D eigenvalue weighted by atomic mass is 35.5. The second-order valence-corrected chi connectivity index (χ2v) is 11.8. The average Bonchev–Trinajstić information content (AvgIpc) is 3.57. The van der Waals surface area contributed by atoms with Gasteiger partial charge in [-0.2, -0.15) is 0 Å². The molecule has 0 saturated heterocycles. The van der Waals surface area contributed by atoms with Crippen molar-refractivity contribution in [1.29, 1.82) is 0 Å². The van der Waals surface area contributed by atoms with E-state index in [1.165, 1.54) is 22.9 Å². The monoisotopic (exact) mass is 624 g/mol. The molecule has 2 aliphatic rings. The van der Waals surface area contributed by atoms with E-state index in [0.29, 0.717) is 51.7 Å². The van der Waals surface area contributed by atoms with E-state index in [4.69, 9.17) is 23.2 Å². The smallest absolute Gasteiger partial charge is 0.247 e. The van der Waals surface area contributed by atoms with Gasteiger partial charge in [-0.25, -0.2) is 13.5 Å². The van der Waals surface area contributed by atoms with Gasteiger partial charge < -0.3 is 14.8 Å². The predicted octanol–water partition coefficient (Wildman–Crippen LogP) is 6.78. The van der Waals surface area contributed by atoms with Crippen LogP contribution in [0.2, 0.25) is 10.2 Å². The van der Waals surface area contributed by atoms with Crippen molar-refractivity contribution in [3.05, 3.63) is 88.1 Å². The van der Waals surface area contributed by atoms with Crippen LogP contribution in [0.5, 0.6) is 0 Å². The van der Waals surface area contributed by atoms with E-state index in [1.807, 2.05) is 6.07 Å². The molecule has 0 aliphatic carbocycles. The Bertz CT molecular complexity index is 1770. The van der Waals surface area contributed by atoms with Crippen molar-refractivity contribution >= 4 is 46.3 Å². The standard InChI is InChI=1S/C31H28Cl2F2N6O2/c1-17-24(35)4-6-26(19-11-20(13-22(34)12-19)30-25(36-31(17)43)8-9-39(30)2)40-10-7-18(14-29(40)42)23-15-21(32)3-5-27(23)41-16-28(33)37-38-41/h3,5,8-9,11-17,24,26H,4,6-7,10H2,1-2H3,(H,36,43)/t17-,24?,26+/m1/s1. The lowest BCUT2D eigenvalue weighted by atomic mass is 9.90. The van der Waals surface area contributed by atoms with E-state index in [0.717, 1.165) is 5.57 Å². The second-order valence-electron chi connectivity index (χ2n) is 10.9. The average molecular weight is 626 g/mol. The predicted molar refractivity (Wildman–Crippen MR) is 161 cm³/mol. The summed E-state index contributed by atoms with van der Waals surface area (Å²) in [6, 6.07) is 10.9. The number of nitrogens with zero attached hydrogens (tertiary/aromatic N) is 5. The first-order valence-corrected chi connectivity index (χ1v) is 14.6. The maximum Gasteiger partial charge on any atom is 0.247 e. The third-order valence-electron chi connectivity index (χ3n) is 8.18. The number of hydrogen-bond acceptors (Lipinski definition) is 4. The molecule has 43 heavy (non-hydrogen) atoms. The van der Waals surface area contributed by atoms with Crippen LogP contribution >= 0.6 is 23.2 Å². The molecule has 2 aromatic carbocycles. The van der Waals surface area contributed by atoms with Gasteiger partial charge in [0.25, 0.3) is 0 Å². The molecular weight excluding hydrogens is 597 g/mol. The van der Waals surface area contributed by atoms with Gasteiger partial charge in [0.15, 0.2) is 5.15 Å². The van der Waals surface area contributed by atoms with Gasteiger partial charge in [0, 0.05) is 42.0 Å². The summed E-state index contributed by atoms with van der Waals surface area (Å²) in [5, 5.41) is 11.4. The number of aryl methyl sites for hydroxylation is 1. The first-order valence-electron chi connectivity index (χ1n) is 13.9. The van der Waals surface area contributed by atoms with Crippen LogP contribution in [0, 0.1) is 11.7 Å². The molecule has 0 spiro atoms. The Balaban J connectivity index is 1.40. The highest BCUT2D eigenvalue weighted by molar-refractivity contribution is 6.31. The van der Waals surface area contributed by atoms with Gasteiger partial charge in [0.1, 0.15) is 12.0 Å². The topological polar surface area (TPSA) is 85.1 Å². The van der Waals surface area contributed by atoms with Gasteiger partial charge in [-0.3, -0.25) is 9.59 Å². The van der Waals surface area contributed by atoms with Gasteiger partial charge in [-0.05, 0) is 72.9 Å². The van der Waals surface area contributed by atoms with Gasteiger partial charge in [0.2, 0.25) is 11.8 Å². The molecule has 3 atom stereocenters. The summed E-state index contributed by atoms with van der Waals surface area (Å²) in [5.74, 6) is -2.17. The van der Waals surface area contributed by atoms with Crippen LogP contribution in [0.3, 0.4) is 0 Å². The Labute approximate surface area is 256 Å². The number of alkyl halides is 1. The lowest BCUT2D eigenvalue weighted by Crippen LogP contribution is -2.38.